The zero-order valence-corrected chi connectivity index (χ0v) is 22.1. The molecular weight excluding hydrogens is 538 g/mol. The zero-order chi connectivity index (χ0) is 29.4. The van der Waals surface area contributed by atoms with Crippen LogP contribution in [0.25, 0.3) is 17.0 Å². The van der Waals surface area contributed by atoms with Crippen molar-refractivity contribution in [2.24, 2.45) is 0 Å². The fourth-order valence-corrected chi connectivity index (χ4v) is 4.61. The molecule has 2 amide bonds. The molecule has 3 aromatic rings. The molecule has 13 heteroatoms. The van der Waals surface area contributed by atoms with Gasteiger partial charge in [0.25, 0.3) is 0 Å². The average molecular weight is 567 g/mol. The highest BCUT2D eigenvalue weighted by molar-refractivity contribution is 6.15. The Kier molecular flexibility index (Phi) is 7.97. The number of carbonyl (C=O) groups excluding carboxylic acids is 1. The van der Waals surface area contributed by atoms with Crippen LogP contribution >= 0.6 is 0 Å². The highest BCUT2D eigenvalue weighted by Gasteiger charge is 2.39. The molecule has 1 N–H and O–H groups in total. The quantitative estimate of drug-likeness (QED) is 0.333. The average Bonchev–Trinajstić information content (AvgIpc) is 3.35. The van der Waals surface area contributed by atoms with E-state index >= 15 is 0 Å². The fraction of sp³-hybridized carbons (Fsp3) is 0.370. The number of hydrogen-bond acceptors (Lipinski definition) is 4. The molecule has 214 valence electrons. The summed E-state index contributed by atoms with van der Waals surface area (Å²) < 4.78 is 81.2. The van der Waals surface area contributed by atoms with Gasteiger partial charge in [-0.1, -0.05) is 12.1 Å². The molecular formula is C27H28F6N6O. The lowest BCUT2D eigenvalue weighted by atomic mass is 10.0. The van der Waals surface area contributed by atoms with Crippen LogP contribution in [-0.4, -0.2) is 70.1 Å². The molecule has 1 fully saturated rings. The molecule has 0 atom stereocenters. The van der Waals surface area contributed by atoms with E-state index in [9.17, 15) is 31.1 Å². The summed E-state index contributed by atoms with van der Waals surface area (Å²) >= 11 is 0. The number of amidine groups is 1. The molecule has 1 aliphatic rings. The monoisotopic (exact) mass is 566 g/mol. The predicted octanol–water partition coefficient (Wildman–Crippen LogP) is 6.15. The van der Waals surface area contributed by atoms with Gasteiger partial charge >= 0.3 is 18.4 Å². The van der Waals surface area contributed by atoms with Crippen molar-refractivity contribution in [2.75, 3.05) is 33.7 Å². The number of fused-ring (bicyclic) bond motifs is 1. The second-order valence-electron chi connectivity index (χ2n) is 9.70. The number of likely N-dealkylation sites (N-methyl/N-ethyl adjacent to an activating group) is 1. The molecule has 0 spiro atoms. The predicted molar refractivity (Wildman–Crippen MR) is 139 cm³/mol. The smallest absolute Gasteiger partial charge is 0.309 e. The molecule has 0 saturated carbocycles. The van der Waals surface area contributed by atoms with Crippen LogP contribution in [0.15, 0.2) is 48.3 Å². The van der Waals surface area contributed by atoms with E-state index in [0.29, 0.717) is 47.7 Å². The van der Waals surface area contributed by atoms with Crippen molar-refractivity contribution in [3.63, 3.8) is 0 Å². The van der Waals surface area contributed by atoms with Gasteiger partial charge < -0.3 is 4.90 Å². The highest BCUT2D eigenvalue weighted by Crippen LogP contribution is 2.38. The van der Waals surface area contributed by atoms with Crippen molar-refractivity contribution in [1.82, 2.24) is 24.5 Å². The van der Waals surface area contributed by atoms with E-state index in [1.54, 1.807) is 36.1 Å². The van der Waals surface area contributed by atoms with E-state index in [2.05, 4.69) is 5.10 Å². The molecule has 40 heavy (non-hydrogen) atoms. The maximum absolute atomic E-state index is 13.6. The first kappa shape index (κ1) is 29.1. The third-order valence-electron chi connectivity index (χ3n) is 6.60. The lowest BCUT2D eigenvalue weighted by Gasteiger charge is -2.18. The fourth-order valence-electron chi connectivity index (χ4n) is 4.61. The van der Waals surface area contributed by atoms with Crippen LogP contribution < -0.4 is 0 Å². The SMILES string of the molecule is CCN1C(=N)/C(=C/c2ccc3c(cnn3Cc3ccc(C(F)(F)F)cc3C(F)(F)F)c2)N(CCCN(C)C)C1=O. The Morgan fingerprint density at radius 1 is 1.00 bits per heavy atom. The van der Waals surface area contributed by atoms with Crippen LogP contribution in [0.4, 0.5) is 31.1 Å². The highest BCUT2D eigenvalue weighted by atomic mass is 19.4. The van der Waals surface area contributed by atoms with Crippen molar-refractivity contribution in [1.29, 1.82) is 5.41 Å². The molecule has 1 aromatic heterocycles. The molecule has 7 nitrogen and oxygen atoms in total. The minimum Gasteiger partial charge on any atom is -0.309 e. The lowest BCUT2D eigenvalue weighted by Crippen LogP contribution is -2.33. The van der Waals surface area contributed by atoms with Crippen molar-refractivity contribution in [3.8, 4) is 0 Å². The third-order valence-corrected chi connectivity index (χ3v) is 6.60. The van der Waals surface area contributed by atoms with E-state index in [-0.39, 0.29) is 30.0 Å². The number of nitrogens with zero attached hydrogens (tertiary/aromatic N) is 5. The van der Waals surface area contributed by atoms with Gasteiger partial charge in [0.1, 0.15) is 0 Å². The number of hydrogen-bond donors (Lipinski definition) is 1. The second-order valence-corrected chi connectivity index (χ2v) is 9.70. The number of amides is 2. The molecule has 1 aliphatic heterocycles. The molecule has 2 aromatic carbocycles. The summed E-state index contributed by atoms with van der Waals surface area (Å²) in [7, 11) is 3.86. The largest absolute Gasteiger partial charge is 0.416 e. The van der Waals surface area contributed by atoms with Gasteiger partial charge in [-0.3, -0.25) is 19.9 Å². The number of aromatic nitrogens is 2. The third kappa shape index (κ3) is 5.98. The van der Waals surface area contributed by atoms with Gasteiger partial charge in [0.05, 0.1) is 35.1 Å². The Hall–Kier alpha value is -3.87. The molecule has 2 heterocycles. The van der Waals surface area contributed by atoms with E-state index in [4.69, 9.17) is 5.41 Å². The minimum absolute atomic E-state index is 0.0788. The van der Waals surface area contributed by atoms with Crippen molar-refractivity contribution in [2.45, 2.75) is 32.2 Å². The number of carbonyl (C=O) groups is 1. The van der Waals surface area contributed by atoms with Crippen molar-refractivity contribution >= 4 is 28.8 Å². The second kappa shape index (κ2) is 11.0. The van der Waals surface area contributed by atoms with Crippen LogP contribution in [-0.2, 0) is 18.9 Å². The number of rotatable bonds is 8. The summed E-state index contributed by atoms with van der Waals surface area (Å²) in [6.45, 7) is 2.93. The Morgan fingerprint density at radius 2 is 1.73 bits per heavy atom. The van der Waals surface area contributed by atoms with Crippen molar-refractivity contribution in [3.05, 3.63) is 70.5 Å². The maximum Gasteiger partial charge on any atom is 0.416 e. The first-order chi connectivity index (χ1) is 18.7. The van der Waals surface area contributed by atoms with Crippen LogP contribution in [0.2, 0.25) is 0 Å². The standard InChI is InChI=1S/C27H28F6N6O/c1-4-37-24(34)23(38(25(37)40)11-5-10-36(2)3)13-17-6-9-22-19(12-17)15-35-39(22)16-18-7-8-20(26(28,29)30)14-21(18)27(31,32)33/h6-9,12-15,34H,4-5,10-11,16H2,1-3H3/b23-13-,34-24?. The minimum atomic E-state index is -4.98. The number of nitrogens with one attached hydrogen (secondary N) is 1. The number of urea groups is 1. The first-order valence-electron chi connectivity index (χ1n) is 12.5. The normalized spacial score (nSPS) is 15.9. The topological polar surface area (TPSA) is 68.5 Å². The molecule has 0 radical (unpaired) electrons. The van der Waals surface area contributed by atoms with Crippen LogP contribution in [0.5, 0.6) is 0 Å². The molecule has 4 rings (SSSR count). The van der Waals surface area contributed by atoms with E-state index in [1.165, 1.54) is 15.8 Å². The Balaban J connectivity index is 1.65. The zero-order valence-electron chi connectivity index (χ0n) is 22.1. The van der Waals surface area contributed by atoms with E-state index < -0.39 is 23.5 Å². The Morgan fingerprint density at radius 3 is 2.35 bits per heavy atom. The van der Waals surface area contributed by atoms with Gasteiger partial charge in [0.2, 0.25) is 0 Å². The van der Waals surface area contributed by atoms with Gasteiger partial charge in [-0.15, -0.1) is 0 Å². The number of alkyl halides is 6. The van der Waals surface area contributed by atoms with Gasteiger partial charge in [-0.05, 0) is 75.5 Å². The van der Waals surface area contributed by atoms with E-state index in [0.717, 1.165) is 12.6 Å². The first-order valence-corrected chi connectivity index (χ1v) is 12.5. The summed E-state index contributed by atoms with van der Waals surface area (Å²) in [6, 6.07) is 6.35. The van der Waals surface area contributed by atoms with E-state index in [1.807, 2.05) is 19.0 Å². The summed E-state index contributed by atoms with van der Waals surface area (Å²) in [4.78, 5) is 17.8. The summed E-state index contributed by atoms with van der Waals surface area (Å²) in [5.74, 6) is 0.0788. The van der Waals surface area contributed by atoms with Crippen LogP contribution in [0.3, 0.4) is 0 Å². The summed E-state index contributed by atoms with van der Waals surface area (Å²) in [5.41, 5.74) is -1.52. The Bertz CT molecular complexity index is 1460. The van der Waals surface area contributed by atoms with Gasteiger partial charge in [0, 0.05) is 18.5 Å². The number of halogens is 6. The molecule has 0 aliphatic carbocycles. The maximum atomic E-state index is 13.6. The van der Waals surface area contributed by atoms with Gasteiger partial charge in [0.15, 0.2) is 5.84 Å². The number of benzene rings is 2. The van der Waals surface area contributed by atoms with Crippen molar-refractivity contribution < 1.29 is 31.1 Å². The van der Waals surface area contributed by atoms with Crippen LogP contribution in [0, 0.1) is 5.41 Å². The lowest BCUT2D eigenvalue weighted by molar-refractivity contribution is -0.143. The van der Waals surface area contributed by atoms with Gasteiger partial charge in [-0.2, -0.15) is 31.4 Å². The Labute approximate surface area is 226 Å². The summed E-state index contributed by atoms with van der Waals surface area (Å²) in [5, 5.41) is 13.3. The molecule has 1 saturated heterocycles. The van der Waals surface area contributed by atoms with Gasteiger partial charge in [-0.25, -0.2) is 4.79 Å². The van der Waals surface area contributed by atoms with Crippen LogP contribution in [0.1, 0.15) is 35.6 Å². The summed E-state index contributed by atoms with van der Waals surface area (Å²) in [6.07, 6.45) is -6.02. The molecule has 0 bridgehead atoms. The molecule has 0 unspecified atom stereocenters.